The fourth-order valence-electron chi connectivity index (χ4n) is 6.75. The van der Waals surface area contributed by atoms with Gasteiger partial charge in [0.25, 0.3) is 0 Å². The van der Waals surface area contributed by atoms with Gasteiger partial charge in [0.05, 0.1) is 19.8 Å². The SMILES string of the molecule is CC/C=C\C/C=C\C/C=C\C/C=C\CCCCCCCOCC(COC1OC(CO)C(O)C(OS(=O)(=O)O)C1O)OC(=O)CCCCCCCCC/C=C\C/C=C\CCCCC. The summed E-state index contributed by atoms with van der Waals surface area (Å²) in [7, 11) is -5.07. The highest BCUT2D eigenvalue weighted by Gasteiger charge is 2.48. The fourth-order valence-corrected chi connectivity index (χ4v) is 7.26. The number of allylic oxidation sites excluding steroid dienone is 12. The van der Waals surface area contributed by atoms with Crippen LogP contribution in [0, 0.1) is 0 Å². The first-order chi connectivity index (χ1) is 30.1. The number of ether oxygens (including phenoxy) is 4. The summed E-state index contributed by atoms with van der Waals surface area (Å²) in [6.07, 6.45) is 42.1. The molecular formula is C49H84O12S. The molecule has 358 valence electrons. The van der Waals surface area contributed by atoms with Gasteiger partial charge in [-0.2, -0.15) is 8.42 Å². The zero-order chi connectivity index (χ0) is 45.4. The Bertz CT molecular complexity index is 1360. The fraction of sp³-hybridized carbons (Fsp3) is 0.735. The van der Waals surface area contributed by atoms with Gasteiger partial charge in [0.1, 0.15) is 30.5 Å². The van der Waals surface area contributed by atoms with Crippen LogP contribution in [0.3, 0.4) is 0 Å². The zero-order valence-corrected chi connectivity index (χ0v) is 39.0. The van der Waals surface area contributed by atoms with Crippen molar-refractivity contribution in [1.82, 2.24) is 0 Å². The Kier molecular flexibility index (Phi) is 37.2. The highest BCUT2D eigenvalue weighted by atomic mass is 32.3. The Morgan fingerprint density at radius 2 is 1.11 bits per heavy atom. The van der Waals surface area contributed by atoms with Crippen molar-refractivity contribution >= 4 is 16.4 Å². The maximum Gasteiger partial charge on any atom is 0.397 e. The van der Waals surface area contributed by atoms with E-state index < -0.39 is 59.8 Å². The molecule has 0 bridgehead atoms. The van der Waals surface area contributed by atoms with Crippen LogP contribution in [-0.2, 0) is 38.3 Å². The van der Waals surface area contributed by atoms with Crippen molar-refractivity contribution in [2.24, 2.45) is 0 Å². The molecule has 13 heteroatoms. The molecule has 6 atom stereocenters. The van der Waals surface area contributed by atoms with Crippen LogP contribution in [0.4, 0.5) is 0 Å². The van der Waals surface area contributed by atoms with Gasteiger partial charge in [0.2, 0.25) is 0 Å². The highest BCUT2D eigenvalue weighted by Crippen LogP contribution is 2.26. The quantitative estimate of drug-likeness (QED) is 0.0198. The smallest absolute Gasteiger partial charge is 0.397 e. The van der Waals surface area contributed by atoms with E-state index >= 15 is 0 Å². The van der Waals surface area contributed by atoms with Crippen LogP contribution >= 0.6 is 0 Å². The van der Waals surface area contributed by atoms with E-state index in [1.807, 2.05) is 0 Å². The molecule has 0 amide bonds. The number of hydrogen-bond donors (Lipinski definition) is 4. The van der Waals surface area contributed by atoms with E-state index in [2.05, 4.69) is 90.9 Å². The number of rotatable bonds is 40. The molecule has 1 heterocycles. The minimum absolute atomic E-state index is 0.0162. The Balaban J connectivity index is 2.44. The third kappa shape index (κ3) is 33.1. The maximum atomic E-state index is 12.9. The van der Waals surface area contributed by atoms with Crippen LogP contribution in [0.25, 0.3) is 0 Å². The van der Waals surface area contributed by atoms with E-state index in [1.54, 1.807) is 0 Å². The second-order valence-corrected chi connectivity index (χ2v) is 17.0. The normalized spacial score (nSPS) is 20.6. The number of hydrogen-bond acceptors (Lipinski definition) is 11. The summed E-state index contributed by atoms with van der Waals surface area (Å²) in [6.45, 7) is 3.79. The Morgan fingerprint density at radius 1 is 0.629 bits per heavy atom. The predicted octanol–water partition coefficient (Wildman–Crippen LogP) is 10.3. The van der Waals surface area contributed by atoms with E-state index in [-0.39, 0.29) is 19.6 Å². The molecule has 1 aliphatic heterocycles. The first-order valence-corrected chi connectivity index (χ1v) is 25.1. The molecule has 0 aliphatic carbocycles. The summed E-state index contributed by atoms with van der Waals surface area (Å²) in [4.78, 5) is 12.9. The number of carbonyl (C=O) groups is 1. The Morgan fingerprint density at radius 3 is 1.63 bits per heavy atom. The van der Waals surface area contributed by atoms with Crippen LogP contribution in [-0.4, -0.2) is 97.5 Å². The number of esters is 1. The molecule has 0 aromatic carbocycles. The van der Waals surface area contributed by atoms with E-state index in [4.69, 9.17) is 18.9 Å². The molecule has 6 unspecified atom stereocenters. The number of unbranched alkanes of at least 4 members (excludes halogenated alkanes) is 15. The van der Waals surface area contributed by atoms with Gasteiger partial charge in [0.15, 0.2) is 6.29 Å². The van der Waals surface area contributed by atoms with Crippen LogP contribution in [0.2, 0.25) is 0 Å². The zero-order valence-electron chi connectivity index (χ0n) is 38.2. The van der Waals surface area contributed by atoms with Crippen molar-refractivity contribution in [3.05, 3.63) is 72.9 Å². The molecule has 1 fully saturated rings. The Hall–Kier alpha value is -2.46. The molecule has 4 N–H and O–H groups in total. The van der Waals surface area contributed by atoms with E-state index in [9.17, 15) is 33.1 Å². The van der Waals surface area contributed by atoms with E-state index in [0.717, 1.165) is 103 Å². The van der Waals surface area contributed by atoms with Crippen molar-refractivity contribution in [2.75, 3.05) is 26.4 Å². The second kappa shape index (κ2) is 40.1. The first kappa shape index (κ1) is 57.6. The van der Waals surface area contributed by atoms with Gasteiger partial charge in [0, 0.05) is 13.0 Å². The van der Waals surface area contributed by atoms with Crippen molar-refractivity contribution < 1.29 is 56.2 Å². The molecule has 0 aromatic heterocycles. The molecule has 1 rings (SSSR count). The molecule has 1 saturated heterocycles. The van der Waals surface area contributed by atoms with Gasteiger partial charge >= 0.3 is 16.4 Å². The lowest BCUT2D eigenvalue weighted by molar-refractivity contribution is -0.301. The van der Waals surface area contributed by atoms with E-state index in [1.165, 1.54) is 38.5 Å². The molecule has 12 nitrogen and oxygen atoms in total. The predicted molar refractivity (Wildman–Crippen MR) is 248 cm³/mol. The third-order valence-electron chi connectivity index (χ3n) is 10.3. The molecule has 0 spiro atoms. The summed E-state index contributed by atoms with van der Waals surface area (Å²) in [5, 5.41) is 30.7. The van der Waals surface area contributed by atoms with Gasteiger partial charge in [-0.1, -0.05) is 151 Å². The van der Waals surface area contributed by atoms with Crippen LogP contribution in [0.15, 0.2) is 72.9 Å². The standard InChI is InChI=1S/C49H84O12S/c1-3-5-7-9-11-13-15-17-19-21-23-25-27-29-31-33-35-37-39-57-41-43(42-58-49-47(53)48(61-62(54,55)56)46(52)44(40-50)60-49)59-45(51)38-36-34-32-30-28-26-24-22-20-18-16-14-12-10-8-6-4-2/h5,7,11-14,17-20,23,25,43-44,46-50,52-53H,3-4,6,8-10,15-16,21-22,24,26-42H2,1-2H3,(H,54,55,56)/b7-5-,13-11-,14-12-,19-17-,20-18-,25-23-. The summed E-state index contributed by atoms with van der Waals surface area (Å²) in [5.74, 6) is -0.417. The summed E-state index contributed by atoms with van der Waals surface area (Å²) in [5.41, 5.74) is 0. The first-order valence-electron chi connectivity index (χ1n) is 23.7. The Labute approximate surface area is 375 Å². The molecule has 0 radical (unpaired) electrons. The number of carbonyl (C=O) groups excluding carboxylic acids is 1. The van der Waals surface area contributed by atoms with Gasteiger partial charge < -0.3 is 34.3 Å². The molecule has 0 saturated carbocycles. The maximum absolute atomic E-state index is 12.9. The monoisotopic (exact) mass is 897 g/mol. The van der Waals surface area contributed by atoms with E-state index in [0.29, 0.717) is 13.0 Å². The summed E-state index contributed by atoms with van der Waals surface area (Å²) >= 11 is 0. The van der Waals surface area contributed by atoms with Crippen LogP contribution < -0.4 is 0 Å². The van der Waals surface area contributed by atoms with Gasteiger partial charge in [-0.05, 0) is 83.5 Å². The summed E-state index contributed by atoms with van der Waals surface area (Å²) < 4.78 is 59.1. The van der Waals surface area contributed by atoms with Crippen LogP contribution in [0.1, 0.15) is 168 Å². The molecular weight excluding hydrogens is 813 g/mol. The van der Waals surface area contributed by atoms with Crippen LogP contribution in [0.5, 0.6) is 0 Å². The van der Waals surface area contributed by atoms with Crippen molar-refractivity contribution in [3.8, 4) is 0 Å². The largest absolute Gasteiger partial charge is 0.457 e. The second-order valence-electron chi connectivity index (χ2n) is 16.0. The molecule has 62 heavy (non-hydrogen) atoms. The average Bonchev–Trinajstić information content (AvgIpc) is 3.24. The minimum atomic E-state index is -5.07. The van der Waals surface area contributed by atoms with Crippen molar-refractivity contribution in [1.29, 1.82) is 0 Å². The third-order valence-corrected chi connectivity index (χ3v) is 10.8. The minimum Gasteiger partial charge on any atom is -0.457 e. The topological polar surface area (TPSA) is 178 Å². The van der Waals surface area contributed by atoms with Gasteiger partial charge in [-0.15, -0.1) is 0 Å². The van der Waals surface area contributed by atoms with Gasteiger partial charge in [-0.3, -0.25) is 9.35 Å². The number of aliphatic hydroxyl groups excluding tert-OH is 3. The lowest BCUT2D eigenvalue weighted by Gasteiger charge is -2.41. The number of aliphatic hydroxyl groups is 3. The molecule has 0 aromatic rings. The van der Waals surface area contributed by atoms with Gasteiger partial charge in [-0.25, -0.2) is 4.18 Å². The molecule has 1 aliphatic rings. The average molecular weight is 897 g/mol. The lowest BCUT2D eigenvalue weighted by Crippen LogP contribution is -2.60. The van der Waals surface area contributed by atoms with Crippen molar-refractivity contribution in [3.63, 3.8) is 0 Å². The summed E-state index contributed by atoms with van der Waals surface area (Å²) in [6, 6.07) is 0. The van der Waals surface area contributed by atoms with Crippen molar-refractivity contribution in [2.45, 2.75) is 205 Å². The highest BCUT2D eigenvalue weighted by molar-refractivity contribution is 7.80. The lowest BCUT2D eigenvalue weighted by atomic mass is 9.99.